The van der Waals surface area contributed by atoms with Crippen molar-refractivity contribution in [2.45, 2.75) is 12.3 Å². The minimum absolute atomic E-state index is 0.0286. The zero-order chi connectivity index (χ0) is 21.9. The lowest BCUT2D eigenvalue weighted by molar-refractivity contribution is -0.137. The summed E-state index contributed by atoms with van der Waals surface area (Å²) in [5.74, 6) is -0.174. The van der Waals surface area contributed by atoms with Gasteiger partial charge in [-0.2, -0.15) is 18.3 Å². The van der Waals surface area contributed by atoms with Crippen molar-refractivity contribution in [3.05, 3.63) is 53.3 Å². The highest BCUT2D eigenvalue weighted by Gasteiger charge is 2.30. The average Bonchev–Trinajstić information content (AvgIpc) is 3.34. The number of aliphatic hydroxyl groups excluding tert-OH is 1. The highest BCUT2D eigenvalue weighted by Crippen LogP contribution is 2.30. The molecule has 1 amide bonds. The maximum Gasteiger partial charge on any atom is 0.416 e. The Bertz CT molecular complexity index is 1000. The van der Waals surface area contributed by atoms with Gasteiger partial charge in [-0.3, -0.25) is 9.48 Å². The zero-order valence-electron chi connectivity index (χ0n) is 16.1. The first-order valence-electron chi connectivity index (χ1n) is 8.81. The first-order valence-corrected chi connectivity index (χ1v) is 9.69. The maximum atomic E-state index is 12.6. The summed E-state index contributed by atoms with van der Waals surface area (Å²) in [5, 5.41) is 16.5. The number of nitrogens with zero attached hydrogens (tertiary/aromatic N) is 4. The molecule has 7 nitrogen and oxygen atoms in total. The number of carbonyl (C=O) groups is 1. The van der Waals surface area contributed by atoms with Crippen LogP contribution >= 0.6 is 11.3 Å². The Hall–Kier alpha value is -2.92. The summed E-state index contributed by atoms with van der Waals surface area (Å²) in [5.41, 5.74) is 0.265. The molecule has 1 aromatic carbocycles. The van der Waals surface area contributed by atoms with Gasteiger partial charge in [-0.05, 0) is 24.3 Å². The van der Waals surface area contributed by atoms with Gasteiger partial charge >= 0.3 is 6.18 Å². The number of aryl methyl sites for hydroxylation is 1. The van der Waals surface area contributed by atoms with E-state index < -0.39 is 17.8 Å². The number of likely N-dealkylation sites (N-methyl/N-ethyl adjacent to an activating group) is 1. The molecular weight excluding hydrogens is 421 g/mol. The second-order valence-corrected chi connectivity index (χ2v) is 7.47. The Morgan fingerprint density at radius 2 is 2.03 bits per heavy atom. The molecule has 0 fully saturated rings. The van der Waals surface area contributed by atoms with Crippen LogP contribution in [0.2, 0.25) is 0 Å². The fourth-order valence-corrected chi connectivity index (χ4v) is 3.39. The van der Waals surface area contributed by atoms with E-state index in [4.69, 9.17) is 4.74 Å². The monoisotopic (exact) mass is 440 g/mol. The Morgan fingerprint density at radius 3 is 2.63 bits per heavy atom. The molecule has 0 aliphatic rings. The molecule has 1 N–H and O–H groups in total. The number of halogens is 3. The number of hydrogen-bond acceptors (Lipinski definition) is 6. The standard InChI is InChI=1S/C19H19F3N4O3S/c1-25(18(28)16-11-30-17(24-16)12-7-23-26(2)8-12)9-14(27)10-29-15-5-3-13(4-6-15)19(20,21)22/h3-8,11,14,27H,9-10H2,1-2H3/t14-/m0/s1. The Morgan fingerprint density at radius 1 is 1.33 bits per heavy atom. The first kappa shape index (κ1) is 21.8. The number of alkyl halides is 3. The van der Waals surface area contributed by atoms with Crippen LogP contribution in [0, 0.1) is 0 Å². The van der Waals surface area contributed by atoms with Gasteiger partial charge in [-0.15, -0.1) is 11.3 Å². The molecule has 160 valence electrons. The molecule has 0 unspecified atom stereocenters. The van der Waals surface area contributed by atoms with Crippen LogP contribution in [-0.4, -0.2) is 57.0 Å². The van der Waals surface area contributed by atoms with Gasteiger partial charge in [0.1, 0.15) is 29.2 Å². The predicted octanol–water partition coefficient (Wildman–Crippen LogP) is 3.07. The highest BCUT2D eigenvalue weighted by molar-refractivity contribution is 7.13. The fourth-order valence-electron chi connectivity index (χ4n) is 2.62. The Balaban J connectivity index is 1.52. The number of ether oxygens (including phenoxy) is 1. The number of benzene rings is 1. The van der Waals surface area contributed by atoms with Gasteiger partial charge in [-0.25, -0.2) is 4.98 Å². The van der Waals surface area contributed by atoms with Crippen LogP contribution in [0.4, 0.5) is 13.2 Å². The topological polar surface area (TPSA) is 80.5 Å². The van der Waals surface area contributed by atoms with Crippen molar-refractivity contribution in [1.82, 2.24) is 19.7 Å². The van der Waals surface area contributed by atoms with Crippen LogP contribution in [0.25, 0.3) is 10.6 Å². The normalized spacial score (nSPS) is 12.6. The van der Waals surface area contributed by atoms with E-state index in [0.29, 0.717) is 5.01 Å². The van der Waals surface area contributed by atoms with Crippen molar-refractivity contribution in [2.75, 3.05) is 20.2 Å². The lowest BCUT2D eigenvalue weighted by Crippen LogP contribution is -2.37. The molecule has 0 aliphatic heterocycles. The smallest absolute Gasteiger partial charge is 0.416 e. The zero-order valence-corrected chi connectivity index (χ0v) is 16.9. The molecule has 2 heterocycles. The quantitative estimate of drug-likeness (QED) is 0.611. The molecular formula is C19H19F3N4O3S. The van der Waals surface area contributed by atoms with Crippen molar-refractivity contribution in [2.24, 2.45) is 7.05 Å². The van der Waals surface area contributed by atoms with Crippen LogP contribution in [0.5, 0.6) is 5.75 Å². The van der Waals surface area contributed by atoms with Gasteiger partial charge in [0.25, 0.3) is 5.91 Å². The van der Waals surface area contributed by atoms with E-state index in [-0.39, 0.29) is 30.5 Å². The van der Waals surface area contributed by atoms with Crippen LogP contribution in [0.15, 0.2) is 42.0 Å². The summed E-state index contributed by atoms with van der Waals surface area (Å²) in [4.78, 5) is 18.1. The van der Waals surface area contributed by atoms with Crippen LogP contribution < -0.4 is 4.74 Å². The molecule has 1 atom stereocenters. The van der Waals surface area contributed by atoms with E-state index in [2.05, 4.69) is 10.1 Å². The molecule has 3 rings (SSSR count). The minimum Gasteiger partial charge on any atom is -0.491 e. The molecule has 3 aromatic rings. The minimum atomic E-state index is -4.42. The lowest BCUT2D eigenvalue weighted by Gasteiger charge is -2.20. The van der Waals surface area contributed by atoms with Crippen molar-refractivity contribution in [3.63, 3.8) is 0 Å². The summed E-state index contributed by atoms with van der Waals surface area (Å²) >= 11 is 1.31. The highest BCUT2D eigenvalue weighted by atomic mass is 32.1. The third-order valence-electron chi connectivity index (χ3n) is 4.13. The van der Waals surface area contributed by atoms with Gasteiger partial charge in [0, 0.05) is 37.8 Å². The number of aromatic nitrogens is 3. The molecule has 0 spiro atoms. The molecule has 0 aliphatic carbocycles. The number of hydrogen-bond donors (Lipinski definition) is 1. The molecule has 0 radical (unpaired) electrons. The third kappa shape index (κ3) is 5.36. The molecule has 0 bridgehead atoms. The van der Waals surface area contributed by atoms with Crippen LogP contribution in [0.1, 0.15) is 16.1 Å². The SMILES string of the molecule is CN(C[C@H](O)COc1ccc(C(F)(F)F)cc1)C(=O)c1csc(-c2cnn(C)c2)n1. The summed E-state index contributed by atoms with van der Waals surface area (Å²) < 4.78 is 44.6. The number of carbonyl (C=O) groups excluding carboxylic acids is 1. The van der Waals surface area contributed by atoms with Crippen molar-refractivity contribution in [1.29, 1.82) is 0 Å². The molecule has 0 saturated heterocycles. The van der Waals surface area contributed by atoms with Gasteiger partial charge in [0.05, 0.1) is 11.8 Å². The van der Waals surface area contributed by atoms with Crippen LogP contribution in [0.3, 0.4) is 0 Å². The molecule has 2 aromatic heterocycles. The number of thiazole rings is 1. The summed E-state index contributed by atoms with van der Waals surface area (Å²) in [7, 11) is 3.30. The first-order chi connectivity index (χ1) is 14.1. The van der Waals surface area contributed by atoms with Crippen LogP contribution in [-0.2, 0) is 13.2 Å². The molecule has 0 saturated carbocycles. The third-order valence-corrected chi connectivity index (χ3v) is 5.02. The number of rotatable bonds is 7. The van der Waals surface area contributed by atoms with Gasteiger partial charge in [-0.1, -0.05) is 0 Å². The number of aliphatic hydroxyl groups is 1. The summed E-state index contributed by atoms with van der Waals surface area (Å²) in [6, 6.07) is 4.16. The predicted molar refractivity (Wildman–Crippen MR) is 104 cm³/mol. The summed E-state index contributed by atoms with van der Waals surface area (Å²) in [6.45, 7) is -0.208. The van der Waals surface area contributed by atoms with Crippen molar-refractivity contribution >= 4 is 17.2 Å². The van der Waals surface area contributed by atoms with E-state index in [1.165, 1.54) is 35.4 Å². The van der Waals surface area contributed by atoms with Gasteiger partial charge < -0.3 is 14.7 Å². The van der Waals surface area contributed by atoms with Gasteiger partial charge in [0.2, 0.25) is 0 Å². The number of amides is 1. The van der Waals surface area contributed by atoms with E-state index in [0.717, 1.165) is 17.7 Å². The average molecular weight is 440 g/mol. The maximum absolute atomic E-state index is 12.6. The second kappa shape index (κ2) is 8.84. The fraction of sp³-hybridized carbons (Fsp3) is 0.316. The van der Waals surface area contributed by atoms with Crippen molar-refractivity contribution in [3.8, 4) is 16.3 Å². The van der Waals surface area contributed by atoms with Gasteiger partial charge in [0.15, 0.2) is 0 Å². The largest absolute Gasteiger partial charge is 0.491 e. The van der Waals surface area contributed by atoms with E-state index in [1.807, 2.05) is 0 Å². The Kier molecular flexibility index (Phi) is 6.42. The van der Waals surface area contributed by atoms with E-state index in [9.17, 15) is 23.1 Å². The second-order valence-electron chi connectivity index (χ2n) is 6.61. The van der Waals surface area contributed by atoms with Crippen molar-refractivity contribution < 1.29 is 27.8 Å². The van der Waals surface area contributed by atoms with E-state index >= 15 is 0 Å². The molecule has 30 heavy (non-hydrogen) atoms. The molecule has 11 heteroatoms. The summed E-state index contributed by atoms with van der Waals surface area (Å²) in [6.07, 6.45) is -2.01. The lowest BCUT2D eigenvalue weighted by atomic mass is 10.2. The Labute approximate surface area is 174 Å². The van der Waals surface area contributed by atoms with E-state index in [1.54, 1.807) is 29.5 Å².